The van der Waals surface area contributed by atoms with Gasteiger partial charge in [-0.2, -0.15) is 0 Å². The zero-order valence-corrected chi connectivity index (χ0v) is 24.5. The molecule has 8 rings (SSSR count). The van der Waals surface area contributed by atoms with Crippen LogP contribution in [0.25, 0.3) is 11.0 Å². The Bertz CT molecular complexity index is 1910. The number of benzene rings is 3. The number of carbonyl (C=O) groups excluding carboxylic acids is 1. The van der Waals surface area contributed by atoms with E-state index in [1.165, 1.54) is 18.2 Å². The Morgan fingerprint density at radius 1 is 1.11 bits per heavy atom. The van der Waals surface area contributed by atoms with E-state index in [4.69, 9.17) is 28.2 Å². The number of hydrogen-bond donors (Lipinski definition) is 2. The lowest BCUT2D eigenvalue weighted by Gasteiger charge is -2.45. The topological polar surface area (TPSA) is 87.5 Å². The lowest BCUT2D eigenvalue weighted by atomic mass is 9.70. The van der Waals surface area contributed by atoms with Crippen LogP contribution in [0, 0.1) is 11.7 Å². The molecule has 0 unspecified atom stereocenters. The molecule has 0 radical (unpaired) electrons. The Kier molecular flexibility index (Phi) is 6.00. The lowest BCUT2D eigenvalue weighted by Crippen LogP contribution is -2.55. The van der Waals surface area contributed by atoms with Crippen LogP contribution in [0.5, 0.6) is 0 Å². The molecule has 4 heterocycles. The van der Waals surface area contributed by atoms with Crippen molar-refractivity contribution in [3.05, 3.63) is 93.0 Å². The second-order valence-electron chi connectivity index (χ2n) is 12.3. The number of likely N-dealkylation sites (tertiary alicyclic amines) is 1. The molecule has 4 atom stereocenters. The molecule has 1 saturated carbocycles. The molecule has 1 aromatic heterocycles. The van der Waals surface area contributed by atoms with Crippen molar-refractivity contribution in [2.24, 2.45) is 5.92 Å². The molecule has 44 heavy (non-hydrogen) atoms. The summed E-state index contributed by atoms with van der Waals surface area (Å²) in [6.07, 6.45) is -0.0545. The number of nitrogens with one attached hydrogen (secondary N) is 1. The van der Waals surface area contributed by atoms with Crippen molar-refractivity contribution in [3.8, 4) is 0 Å². The van der Waals surface area contributed by atoms with Crippen molar-refractivity contribution in [2.45, 2.75) is 55.1 Å². The number of halogens is 5. The maximum absolute atomic E-state index is 16.2. The molecule has 1 aliphatic carbocycles. The molecule has 2 N–H and O–H groups in total. The fraction of sp³-hybridized carbons (Fsp3) is 0.344. The molecular formula is C32H25Cl2F3N4O3. The van der Waals surface area contributed by atoms with Crippen LogP contribution in [0.15, 0.2) is 54.6 Å². The fourth-order valence-electron chi connectivity index (χ4n) is 8.34. The number of carboxylic acid groups (broad SMARTS) is 1. The number of nitrogens with zero attached hydrogens (tertiary/aromatic N) is 3. The minimum absolute atomic E-state index is 0.0818. The zero-order valence-electron chi connectivity index (χ0n) is 23.0. The summed E-state index contributed by atoms with van der Waals surface area (Å²) in [6.45, 7) is 0.695. The fourth-order valence-corrected chi connectivity index (χ4v) is 8.70. The third-order valence-corrected chi connectivity index (χ3v) is 10.5. The quantitative estimate of drug-likeness (QED) is 0.250. The number of hydrogen-bond acceptors (Lipinski definition) is 4. The third kappa shape index (κ3) is 3.77. The highest BCUT2D eigenvalue weighted by molar-refractivity contribution is 6.31. The highest BCUT2D eigenvalue weighted by atomic mass is 35.5. The second kappa shape index (κ2) is 9.45. The van der Waals surface area contributed by atoms with Crippen LogP contribution in [-0.2, 0) is 16.9 Å². The molecule has 3 aromatic carbocycles. The molecule has 12 heteroatoms. The average molecular weight is 641 g/mol. The molecule has 2 fully saturated rings. The average Bonchev–Trinajstić information content (AvgIpc) is 3.57. The number of alkyl halides is 2. The Hall–Kier alpha value is -3.60. The van der Waals surface area contributed by atoms with E-state index in [1.807, 2.05) is 9.47 Å². The first kappa shape index (κ1) is 27.9. The Labute approximate surface area is 259 Å². The van der Waals surface area contributed by atoms with Gasteiger partial charge in [-0.05, 0) is 54.3 Å². The Morgan fingerprint density at radius 2 is 1.91 bits per heavy atom. The summed E-state index contributed by atoms with van der Waals surface area (Å²) in [5.74, 6) is -6.11. The molecular weight excluding hydrogens is 616 g/mol. The smallest absolute Gasteiger partial charge is 0.335 e. The standard InChI is InChI=1S/C32H25Cl2F3N4O3/c33-17-5-6-19-21(11-17)39-30(44)32(19)26(18-2-1-3-20(34)27(18)35)25-24(41(32)14-15-12-31(36,37)13-15)8-9-40-23-7-4-16(29(42)43)10-22(23)38-28(25)40/h1-7,10-11,15,24-26H,8-9,12-14H2,(H,39,44)(H,42,43)/t24-,25+,26-,32+/m0/s1. The lowest BCUT2D eigenvalue weighted by molar-refractivity contribution is -0.136. The molecule has 1 amide bonds. The predicted molar refractivity (Wildman–Crippen MR) is 158 cm³/mol. The van der Waals surface area contributed by atoms with E-state index in [2.05, 4.69) is 5.32 Å². The normalized spacial score (nSPS) is 27.2. The van der Waals surface area contributed by atoms with Crippen molar-refractivity contribution in [2.75, 3.05) is 11.9 Å². The number of anilines is 1. The highest BCUT2D eigenvalue weighted by Crippen LogP contribution is 2.64. The van der Waals surface area contributed by atoms with Gasteiger partial charge in [0.15, 0.2) is 0 Å². The largest absolute Gasteiger partial charge is 0.478 e. The first-order valence-corrected chi connectivity index (χ1v) is 15.2. The summed E-state index contributed by atoms with van der Waals surface area (Å²) in [5, 5.41) is 12.9. The zero-order chi connectivity index (χ0) is 30.7. The number of fused-ring (bicyclic) bond motifs is 7. The van der Waals surface area contributed by atoms with Crippen molar-refractivity contribution >= 4 is 51.8 Å². The number of imidazole rings is 1. The first-order valence-electron chi connectivity index (χ1n) is 14.4. The summed E-state index contributed by atoms with van der Waals surface area (Å²) < 4.78 is 46.5. The van der Waals surface area contributed by atoms with E-state index >= 15 is 4.39 Å². The van der Waals surface area contributed by atoms with Crippen molar-refractivity contribution in [1.29, 1.82) is 0 Å². The number of aromatic carboxylic acids is 1. The van der Waals surface area contributed by atoms with Crippen LogP contribution in [-0.4, -0.2) is 49.9 Å². The minimum Gasteiger partial charge on any atom is -0.478 e. The molecule has 1 spiro atoms. The summed E-state index contributed by atoms with van der Waals surface area (Å²) >= 11 is 12.7. The van der Waals surface area contributed by atoms with E-state index in [9.17, 15) is 23.5 Å². The summed E-state index contributed by atoms with van der Waals surface area (Å²) in [6, 6.07) is 14.1. The van der Waals surface area contributed by atoms with Gasteiger partial charge in [0.05, 0.1) is 21.6 Å². The van der Waals surface area contributed by atoms with Gasteiger partial charge < -0.3 is 15.0 Å². The van der Waals surface area contributed by atoms with Gasteiger partial charge in [-0.15, -0.1) is 0 Å². The number of aryl methyl sites for hydroxylation is 1. The van der Waals surface area contributed by atoms with E-state index in [-0.39, 0.29) is 47.5 Å². The molecule has 4 aromatic rings. The Balaban J connectivity index is 1.41. The predicted octanol–water partition coefficient (Wildman–Crippen LogP) is 7.03. The number of carboxylic acids is 1. The molecule has 0 bridgehead atoms. The van der Waals surface area contributed by atoms with Gasteiger partial charge >= 0.3 is 5.97 Å². The van der Waals surface area contributed by atoms with Gasteiger partial charge in [0.2, 0.25) is 11.8 Å². The summed E-state index contributed by atoms with van der Waals surface area (Å²) in [5.41, 5.74) is 1.09. The summed E-state index contributed by atoms with van der Waals surface area (Å²) in [7, 11) is 0. The minimum atomic E-state index is -2.76. The molecule has 4 aliphatic rings. The SMILES string of the molecule is O=C(O)c1ccc2c(c1)nc1n2CC[C@H]2[C@@H]1[C@H](c1cccc(Cl)c1F)[C@]1(C(=O)Nc3cc(Cl)ccc31)N2CC1CC(F)(F)C1. The highest BCUT2D eigenvalue weighted by Gasteiger charge is 2.69. The van der Waals surface area contributed by atoms with E-state index in [0.29, 0.717) is 40.6 Å². The van der Waals surface area contributed by atoms with E-state index < -0.39 is 41.0 Å². The van der Waals surface area contributed by atoms with E-state index in [0.717, 1.165) is 5.52 Å². The van der Waals surface area contributed by atoms with Crippen LogP contribution in [0.1, 0.15) is 58.4 Å². The second-order valence-corrected chi connectivity index (χ2v) is 13.2. The third-order valence-electron chi connectivity index (χ3n) is 9.98. The maximum Gasteiger partial charge on any atom is 0.335 e. The number of rotatable bonds is 4. The van der Waals surface area contributed by atoms with Crippen LogP contribution < -0.4 is 5.32 Å². The van der Waals surface area contributed by atoms with E-state index in [1.54, 1.807) is 36.4 Å². The van der Waals surface area contributed by atoms with Gasteiger partial charge in [-0.3, -0.25) is 9.69 Å². The molecule has 3 aliphatic heterocycles. The Morgan fingerprint density at radius 3 is 2.66 bits per heavy atom. The van der Waals surface area contributed by atoms with Gasteiger partial charge in [0, 0.05) is 60.1 Å². The molecule has 1 saturated heterocycles. The van der Waals surface area contributed by atoms with Gasteiger partial charge in [-0.25, -0.2) is 22.9 Å². The molecule has 7 nitrogen and oxygen atoms in total. The number of amides is 1. The van der Waals surface area contributed by atoms with Crippen molar-refractivity contribution < 1.29 is 27.9 Å². The van der Waals surface area contributed by atoms with Crippen LogP contribution in [0.4, 0.5) is 18.9 Å². The van der Waals surface area contributed by atoms with Crippen LogP contribution >= 0.6 is 23.2 Å². The van der Waals surface area contributed by atoms with Crippen LogP contribution in [0.2, 0.25) is 10.0 Å². The van der Waals surface area contributed by atoms with Crippen LogP contribution in [0.3, 0.4) is 0 Å². The first-order chi connectivity index (χ1) is 21.0. The molecule has 226 valence electrons. The number of aromatic nitrogens is 2. The van der Waals surface area contributed by atoms with Gasteiger partial charge in [0.1, 0.15) is 17.2 Å². The maximum atomic E-state index is 16.2. The number of carbonyl (C=O) groups is 2. The summed E-state index contributed by atoms with van der Waals surface area (Å²) in [4.78, 5) is 33.2. The monoisotopic (exact) mass is 640 g/mol. The van der Waals surface area contributed by atoms with Crippen molar-refractivity contribution in [3.63, 3.8) is 0 Å². The van der Waals surface area contributed by atoms with Crippen molar-refractivity contribution in [1.82, 2.24) is 14.5 Å². The van der Waals surface area contributed by atoms with Gasteiger partial charge in [-0.1, -0.05) is 41.4 Å². The van der Waals surface area contributed by atoms with Gasteiger partial charge in [0.25, 0.3) is 0 Å².